The third-order valence-electron chi connectivity index (χ3n) is 4.13. The molecule has 3 aromatic rings. The van der Waals surface area contributed by atoms with Gasteiger partial charge in [-0.15, -0.1) is 0 Å². The standard InChI is InChI=1S/C21H15ClO5/c22-14-7-11-16(12-8-14)25-15-9-5-13(6-10-15)19-20(21(23)24)27-18-4-2-1-3-17(18)26-19/h1-12,19-20H,(H,23,24). The van der Waals surface area contributed by atoms with Gasteiger partial charge < -0.3 is 19.3 Å². The molecule has 0 fully saturated rings. The minimum atomic E-state index is -1.14. The van der Waals surface area contributed by atoms with Gasteiger partial charge in [0.2, 0.25) is 6.10 Å². The molecule has 0 saturated heterocycles. The Labute approximate surface area is 160 Å². The third kappa shape index (κ3) is 3.68. The number of halogens is 1. The van der Waals surface area contributed by atoms with E-state index >= 15 is 0 Å². The van der Waals surface area contributed by atoms with Gasteiger partial charge in [-0.05, 0) is 54.1 Å². The lowest BCUT2D eigenvalue weighted by Crippen LogP contribution is -2.39. The molecule has 0 aromatic heterocycles. The molecule has 2 atom stereocenters. The minimum absolute atomic E-state index is 0.420. The lowest BCUT2D eigenvalue weighted by Gasteiger charge is -2.31. The molecule has 1 aliphatic rings. The van der Waals surface area contributed by atoms with Gasteiger partial charge in [-0.25, -0.2) is 4.79 Å². The van der Waals surface area contributed by atoms with E-state index in [4.69, 9.17) is 25.8 Å². The van der Waals surface area contributed by atoms with Crippen LogP contribution in [0, 0.1) is 0 Å². The number of rotatable bonds is 4. The molecule has 1 aliphatic heterocycles. The summed E-state index contributed by atoms with van der Waals surface area (Å²) in [5, 5.41) is 10.2. The number of hydrogen-bond donors (Lipinski definition) is 1. The zero-order valence-electron chi connectivity index (χ0n) is 14.0. The van der Waals surface area contributed by atoms with Crippen LogP contribution >= 0.6 is 11.6 Å². The highest BCUT2D eigenvalue weighted by Gasteiger charge is 2.38. The van der Waals surface area contributed by atoms with Crippen molar-refractivity contribution in [3.05, 3.63) is 83.4 Å². The largest absolute Gasteiger partial charge is 0.478 e. The van der Waals surface area contributed by atoms with E-state index in [0.717, 1.165) is 0 Å². The molecule has 0 amide bonds. The monoisotopic (exact) mass is 382 g/mol. The zero-order valence-corrected chi connectivity index (χ0v) is 14.8. The van der Waals surface area contributed by atoms with Gasteiger partial charge in [0.25, 0.3) is 0 Å². The van der Waals surface area contributed by atoms with E-state index in [1.54, 1.807) is 66.7 Å². The van der Waals surface area contributed by atoms with Crippen molar-refractivity contribution in [1.82, 2.24) is 0 Å². The van der Waals surface area contributed by atoms with Crippen LogP contribution in [0.15, 0.2) is 72.8 Å². The van der Waals surface area contributed by atoms with Crippen molar-refractivity contribution in [2.75, 3.05) is 0 Å². The Kier molecular flexibility index (Phi) is 4.60. The minimum Gasteiger partial charge on any atom is -0.478 e. The number of para-hydroxylation sites is 2. The highest BCUT2D eigenvalue weighted by Crippen LogP contribution is 2.39. The van der Waals surface area contributed by atoms with Crippen molar-refractivity contribution in [2.45, 2.75) is 12.2 Å². The predicted octanol–water partition coefficient (Wildman–Crippen LogP) is 5.10. The summed E-state index contributed by atoms with van der Waals surface area (Å²) in [5.41, 5.74) is 0.681. The first-order chi connectivity index (χ1) is 13.1. The smallest absolute Gasteiger partial charge is 0.349 e. The van der Waals surface area contributed by atoms with Gasteiger partial charge in [0.1, 0.15) is 11.5 Å². The van der Waals surface area contributed by atoms with Crippen molar-refractivity contribution >= 4 is 17.6 Å². The van der Waals surface area contributed by atoms with Crippen LogP contribution in [0.3, 0.4) is 0 Å². The van der Waals surface area contributed by atoms with E-state index in [0.29, 0.717) is 33.6 Å². The fourth-order valence-corrected chi connectivity index (χ4v) is 2.96. The van der Waals surface area contributed by atoms with Gasteiger partial charge in [0.15, 0.2) is 17.6 Å². The van der Waals surface area contributed by atoms with Crippen LogP contribution < -0.4 is 14.2 Å². The molecule has 0 bridgehead atoms. The van der Waals surface area contributed by atoms with Gasteiger partial charge in [0.05, 0.1) is 0 Å². The maximum atomic E-state index is 11.6. The summed E-state index contributed by atoms with van der Waals surface area (Å²) in [6.07, 6.45) is -1.90. The summed E-state index contributed by atoms with van der Waals surface area (Å²) in [6, 6.07) is 21.1. The zero-order chi connectivity index (χ0) is 18.8. The fraction of sp³-hybridized carbons (Fsp3) is 0.0952. The Balaban J connectivity index is 1.56. The molecule has 0 radical (unpaired) electrons. The van der Waals surface area contributed by atoms with Crippen molar-refractivity contribution in [1.29, 1.82) is 0 Å². The molecule has 2 unspecified atom stereocenters. The van der Waals surface area contributed by atoms with Crippen LogP contribution in [0.4, 0.5) is 0 Å². The van der Waals surface area contributed by atoms with E-state index in [-0.39, 0.29) is 0 Å². The average Bonchev–Trinajstić information content (AvgIpc) is 2.69. The SMILES string of the molecule is O=C(O)C1Oc2ccccc2OC1c1ccc(Oc2ccc(Cl)cc2)cc1. The van der Waals surface area contributed by atoms with Crippen molar-refractivity contribution in [3.8, 4) is 23.0 Å². The molecule has 4 rings (SSSR count). The first kappa shape index (κ1) is 17.2. The number of ether oxygens (including phenoxy) is 3. The summed E-state index contributed by atoms with van der Waals surface area (Å²) in [7, 11) is 0. The topological polar surface area (TPSA) is 65.0 Å². The fourth-order valence-electron chi connectivity index (χ4n) is 2.83. The molecule has 6 heteroatoms. The molecular weight excluding hydrogens is 368 g/mol. The summed E-state index contributed by atoms with van der Waals surface area (Å²) < 4.78 is 17.3. The highest BCUT2D eigenvalue weighted by molar-refractivity contribution is 6.30. The molecule has 27 heavy (non-hydrogen) atoms. The van der Waals surface area contributed by atoms with Crippen LogP contribution in [0.5, 0.6) is 23.0 Å². The average molecular weight is 383 g/mol. The highest BCUT2D eigenvalue weighted by atomic mass is 35.5. The molecule has 5 nitrogen and oxygen atoms in total. The molecule has 1 heterocycles. The van der Waals surface area contributed by atoms with Crippen LogP contribution in [-0.2, 0) is 4.79 Å². The second-order valence-electron chi connectivity index (χ2n) is 5.99. The van der Waals surface area contributed by atoms with Crippen LogP contribution in [0.2, 0.25) is 5.02 Å². The van der Waals surface area contributed by atoms with Gasteiger partial charge in [0, 0.05) is 5.02 Å². The van der Waals surface area contributed by atoms with E-state index in [9.17, 15) is 9.90 Å². The van der Waals surface area contributed by atoms with E-state index in [2.05, 4.69) is 0 Å². The van der Waals surface area contributed by atoms with E-state index in [1.165, 1.54) is 0 Å². The number of carboxylic acid groups (broad SMARTS) is 1. The Morgan fingerprint density at radius 1 is 0.852 bits per heavy atom. The molecule has 1 N–H and O–H groups in total. The van der Waals surface area contributed by atoms with Gasteiger partial charge in [-0.2, -0.15) is 0 Å². The Morgan fingerprint density at radius 3 is 2.00 bits per heavy atom. The molecule has 0 aliphatic carbocycles. The summed E-state index contributed by atoms with van der Waals surface area (Å²) in [6.45, 7) is 0. The second kappa shape index (κ2) is 7.21. The third-order valence-corrected chi connectivity index (χ3v) is 4.39. The van der Waals surface area contributed by atoms with Gasteiger partial charge >= 0.3 is 5.97 Å². The molecule has 136 valence electrons. The Morgan fingerprint density at radius 2 is 1.41 bits per heavy atom. The number of carboxylic acids is 1. The maximum Gasteiger partial charge on any atom is 0.349 e. The van der Waals surface area contributed by atoms with Crippen LogP contribution in [0.1, 0.15) is 11.7 Å². The summed E-state index contributed by atoms with van der Waals surface area (Å²) in [4.78, 5) is 11.6. The quantitative estimate of drug-likeness (QED) is 0.680. The van der Waals surface area contributed by atoms with E-state index < -0.39 is 18.2 Å². The van der Waals surface area contributed by atoms with Crippen LogP contribution in [-0.4, -0.2) is 17.2 Å². The summed E-state index contributed by atoms with van der Waals surface area (Å²) in [5.74, 6) is 1.12. The summed E-state index contributed by atoms with van der Waals surface area (Å²) >= 11 is 5.87. The molecule has 0 saturated carbocycles. The lowest BCUT2D eigenvalue weighted by atomic mass is 10.0. The van der Waals surface area contributed by atoms with Crippen molar-refractivity contribution in [3.63, 3.8) is 0 Å². The second-order valence-corrected chi connectivity index (χ2v) is 6.42. The van der Waals surface area contributed by atoms with Crippen LogP contribution in [0.25, 0.3) is 0 Å². The van der Waals surface area contributed by atoms with Crippen molar-refractivity contribution in [2.24, 2.45) is 0 Å². The first-order valence-electron chi connectivity index (χ1n) is 8.29. The normalized spacial score (nSPS) is 18.0. The van der Waals surface area contributed by atoms with E-state index in [1.807, 2.05) is 6.07 Å². The molecule has 0 spiro atoms. The molecule has 3 aromatic carbocycles. The predicted molar refractivity (Wildman–Crippen MR) is 99.8 cm³/mol. The number of benzene rings is 3. The number of fused-ring (bicyclic) bond motifs is 1. The lowest BCUT2D eigenvalue weighted by molar-refractivity contribution is -0.151. The molecular formula is C21H15ClO5. The van der Waals surface area contributed by atoms with Gasteiger partial charge in [-0.3, -0.25) is 0 Å². The van der Waals surface area contributed by atoms with Gasteiger partial charge in [-0.1, -0.05) is 35.9 Å². The number of aliphatic carboxylic acids is 1. The Hall–Kier alpha value is -3.18. The first-order valence-corrected chi connectivity index (χ1v) is 8.66. The van der Waals surface area contributed by atoms with Crippen molar-refractivity contribution < 1.29 is 24.1 Å². The Bertz CT molecular complexity index is 953. The maximum absolute atomic E-state index is 11.6. The number of hydrogen-bond acceptors (Lipinski definition) is 4. The number of carbonyl (C=O) groups is 1.